The van der Waals surface area contributed by atoms with Crippen molar-refractivity contribution in [1.82, 2.24) is 5.43 Å². The van der Waals surface area contributed by atoms with Crippen molar-refractivity contribution in [3.63, 3.8) is 0 Å². The van der Waals surface area contributed by atoms with E-state index in [2.05, 4.69) is 10.5 Å². The van der Waals surface area contributed by atoms with Gasteiger partial charge in [0, 0.05) is 0 Å². The Hall–Kier alpha value is -2.91. The second-order valence-electron chi connectivity index (χ2n) is 5.36. The number of fused-ring (bicyclic) bond motifs is 1. The topological polar surface area (TPSA) is 88.1 Å². The predicted octanol–water partition coefficient (Wildman–Crippen LogP) is 1.09. The minimum absolute atomic E-state index is 0.0503. The monoisotopic (exact) mass is 355 g/mol. The van der Waals surface area contributed by atoms with Gasteiger partial charge in [-0.1, -0.05) is 6.07 Å². The molecule has 1 aromatic rings. The number of rotatable bonds is 3. The van der Waals surface area contributed by atoms with E-state index in [1.807, 2.05) is 0 Å². The molecular weight excluding hydrogens is 343 g/mol. The van der Waals surface area contributed by atoms with Crippen LogP contribution in [0.1, 0.15) is 12.5 Å². The molecule has 10 heteroatoms. The van der Waals surface area contributed by atoms with Crippen LogP contribution in [0, 0.1) is 5.92 Å². The van der Waals surface area contributed by atoms with Crippen LogP contribution in [0.5, 0.6) is 0 Å². The highest BCUT2D eigenvalue weighted by Crippen LogP contribution is 2.35. The van der Waals surface area contributed by atoms with Crippen LogP contribution in [0.4, 0.5) is 18.9 Å². The van der Waals surface area contributed by atoms with Gasteiger partial charge in [0.1, 0.15) is 12.0 Å². The second kappa shape index (κ2) is 5.87. The molecule has 7 nitrogen and oxygen atoms in total. The first-order valence-electron chi connectivity index (χ1n) is 7.31. The minimum atomic E-state index is -4.62. The molecule has 0 aliphatic carbocycles. The standard InChI is InChI=1S/C15H12F3N3O4/c1-2-25-14(24)11-9-10(19-20-11)13(23)21(12(9)22)8-5-3-4-7(6-8)15(16,17)18/h3-6,9-10,19H,2H2,1H3. The van der Waals surface area contributed by atoms with E-state index in [1.165, 1.54) is 6.07 Å². The molecule has 0 spiro atoms. The van der Waals surface area contributed by atoms with Crippen molar-refractivity contribution in [3.8, 4) is 0 Å². The molecule has 1 N–H and O–H groups in total. The van der Waals surface area contributed by atoms with Crippen molar-refractivity contribution in [2.24, 2.45) is 11.0 Å². The van der Waals surface area contributed by atoms with Crippen LogP contribution in [-0.2, 0) is 25.3 Å². The van der Waals surface area contributed by atoms with E-state index in [1.54, 1.807) is 6.92 Å². The Bertz CT molecular complexity index is 790. The Morgan fingerprint density at radius 2 is 2.04 bits per heavy atom. The average molecular weight is 355 g/mol. The maximum atomic E-state index is 12.9. The molecule has 25 heavy (non-hydrogen) atoms. The Morgan fingerprint density at radius 3 is 2.68 bits per heavy atom. The van der Waals surface area contributed by atoms with Gasteiger partial charge in [-0.15, -0.1) is 0 Å². The van der Waals surface area contributed by atoms with Gasteiger partial charge in [-0.05, 0) is 25.1 Å². The second-order valence-corrected chi connectivity index (χ2v) is 5.36. The molecule has 132 valence electrons. The van der Waals surface area contributed by atoms with Crippen molar-refractivity contribution in [2.75, 3.05) is 11.5 Å². The fourth-order valence-electron chi connectivity index (χ4n) is 2.74. The lowest BCUT2D eigenvalue weighted by molar-refractivity contribution is -0.137. The van der Waals surface area contributed by atoms with E-state index >= 15 is 0 Å². The number of hydrogen-bond donors (Lipinski definition) is 1. The van der Waals surface area contributed by atoms with Gasteiger partial charge in [0.05, 0.1) is 17.9 Å². The first-order valence-corrected chi connectivity index (χ1v) is 7.31. The molecule has 0 saturated carbocycles. The van der Waals surface area contributed by atoms with Crippen molar-refractivity contribution in [1.29, 1.82) is 0 Å². The Balaban J connectivity index is 1.94. The molecule has 0 bridgehead atoms. The number of imide groups is 1. The largest absolute Gasteiger partial charge is 0.461 e. The number of hydrazone groups is 1. The number of benzene rings is 1. The summed E-state index contributed by atoms with van der Waals surface area (Å²) in [5, 5.41) is 3.67. The number of alkyl halides is 3. The molecule has 0 aromatic heterocycles. The number of anilines is 1. The summed E-state index contributed by atoms with van der Waals surface area (Å²) < 4.78 is 43.3. The van der Waals surface area contributed by atoms with Gasteiger partial charge >= 0.3 is 12.1 Å². The summed E-state index contributed by atoms with van der Waals surface area (Å²) in [6.45, 7) is 1.61. The van der Waals surface area contributed by atoms with Gasteiger partial charge in [0.25, 0.3) is 5.91 Å². The van der Waals surface area contributed by atoms with Crippen molar-refractivity contribution >= 4 is 29.2 Å². The fraction of sp³-hybridized carbons (Fsp3) is 0.333. The van der Waals surface area contributed by atoms with E-state index in [0.29, 0.717) is 11.0 Å². The smallest absolute Gasteiger partial charge is 0.416 e. The number of ether oxygens (including phenoxy) is 1. The zero-order valence-corrected chi connectivity index (χ0v) is 12.8. The van der Waals surface area contributed by atoms with Crippen LogP contribution in [0.15, 0.2) is 29.4 Å². The molecule has 2 aliphatic rings. The Kier molecular flexibility index (Phi) is 3.97. The van der Waals surface area contributed by atoms with Crippen LogP contribution in [0.2, 0.25) is 0 Å². The highest BCUT2D eigenvalue weighted by molar-refractivity contribution is 6.46. The van der Waals surface area contributed by atoms with Gasteiger partial charge < -0.3 is 4.74 Å². The summed E-state index contributed by atoms with van der Waals surface area (Å²) in [7, 11) is 0. The molecule has 2 unspecified atom stereocenters. The third-order valence-corrected chi connectivity index (χ3v) is 3.84. The lowest BCUT2D eigenvalue weighted by Crippen LogP contribution is -2.36. The van der Waals surface area contributed by atoms with Gasteiger partial charge in [-0.25, -0.2) is 9.69 Å². The summed E-state index contributed by atoms with van der Waals surface area (Å²) >= 11 is 0. The van der Waals surface area contributed by atoms with Gasteiger partial charge in [-0.2, -0.15) is 18.3 Å². The normalized spacial score (nSPS) is 22.6. The molecule has 2 amide bonds. The van der Waals surface area contributed by atoms with Crippen LogP contribution >= 0.6 is 0 Å². The maximum absolute atomic E-state index is 12.9. The molecule has 3 rings (SSSR count). The number of esters is 1. The summed E-state index contributed by atoms with van der Waals surface area (Å²) in [5.74, 6) is -3.68. The number of amides is 2. The summed E-state index contributed by atoms with van der Waals surface area (Å²) in [4.78, 5) is 37.5. The Labute approximate surface area is 139 Å². The molecule has 1 fully saturated rings. The van der Waals surface area contributed by atoms with Crippen LogP contribution in [-0.4, -0.2) is 36.1 Å². The molecule has 1 aromatic carbocycles. The lowest BCUT2D eigenvalue weighted by Gasteiger charge is -2.17. The van der Waals surface area contributed by atoms with Crippen LogP contribution in [0.25, 0.3) is 0 Å². The molecule has 1 saturated heterocycles. The number of nitrogens with one attached hydrogen (secondary N) is 1. The first kappa shape index (κ1) is 16.9. The quantitative estimate of drug-likeness (QED) is 0.648. The third-order valence-electron chi connectivity index (χ3n) is 3.84. The number of nitrogens with zero attached hydrogens (tertiary/aromatic N) is 2. The molecule has 2 atom stereocenters. The summed E-state index contributed by atoms with van der Waals surface area (Å²) in [6.07, 6.45) is -4.62. The first-order chi connectivity index (χ1) is 11.8. The van der Waals surface area contributed by atoms with E-state index in [0.717, 1.165) is 12.1 Å². The molecule has 2 heterocycles. The Morgan fingerprint density at radius 1 is 1.32 bits per heavy atom. The zero-order chi connectivity index (χ0) is 18.4. The van der Waals surface area contributed by atoms with Gasteiger partial charge in [0.15, 0.2) is 5.71 Å². The van der Waals surface area contributed by atoms with E-state index in [4.69, 9.17) is 4.74 Å². The minimum Gasteiger partial charge on any atom is -0.461 e. The van der Waals surface area contributed by atoms with E-state index in [9.17, 15) is 27.6 Å². The van der Waals surface area contributed by atoms with Crippen LogP contribution < -0.4 is 10.3 Å². The maximum Gasteiger partial charge on any atom is 0.416 e. The summed E-state index contributed by atoms with van der Waals surface area (Å²) in [5.41, 5.74) is 0.912. The lowest BCUT2D eigenvalue weighted by atomic mass is 9.99. The molecular formula is C15H12F3N3O4. The van der Waals surface area contributed by atoms with E-state index in [-0.39, 0.29) is 18.0 Å². The van der Waals surface area contributed by atoms with Gasteiger partial charge in [0.2, 0.25) is 5.91 Å². The number of halogens is 3. The van der Waals surface area contributed by atoms with Crippen molar-refractivity contribution < 1.29 is 32.3 Å². The average Bonchev–Trinajstić information content (AvgIpc) is 3.08. The van der Waals surface area contributed by atoms with Crippen molar-refractivity contribution in [3.05, 3.63) is 29.8 Å². The zero-order valence-electron chi connectivity index (χ0n) is 12.8. The highest BCUT2D eigenvalue weighted by atomic mass is 19.4. The molecule has 2 aliphatic heterocycles. The SMILES string of the molecule is CCOC(=O)C1=NNC2C(=O)N(c3cccc(C(F)(F)F)c3)C(=O)C12. The van der Waals surface area contributed by atoms with Crippen molar-refractivity contribution in [2.45, 2.75) is 19.1 Å². The van der Waals surface area contributed by atoms with E-state index < -0.39 is 41.5 Å². The number of carbonyl (C=O) groups is 3. The predicted molar refractivity (Wildman–Crippen MR) is 78.4 cm³/mol. The highest BCUT2D eigenvalue weighted by Gasteiger charge is 2.55. The number of hydrogen-bond acceptors (Lipinski definition) is 6. The van der Waals surface area contributed by atoms with Crippen LogP contribution in [0.3, 0.4) is 0 Å². The summed E-state index contributed by atoms with van der Waals surface area (Å²) in [6, 6.07) is 2.71. The fourth-order valence-corrected chi connectivity index (χ4v) is 2.74. The van der Waals surface area contributed by atoms with Gasteiger partial charge in [-0.3, -0.25) is 15.0 Å². The molecule has 0 radical (unpaired) electrons. The number of carbonyl (C=O) groups excluding carboxylic acids is 3. The third kappa shape index (κ3) is 2.73.